The molecular weight excluding hydrogens is 565 g/mol. The number of benzene rings is 2. The van der Waals surface area contributed by atoms with Gasteiger partial charge in [-0.25, -0.2) is 0 Å². The Hall–Kier alpha value is -0.802. The maximum Gasteiger partial charge on any atom is 3.00 e. The fraction of sp³-hybridized carbons (Fsp3) is 0.457. The van der Waals surface area contributed by atoms with E-state index < -0.39 is 16.1 Å². The SMILES string of the molecule is Cc1ccc(C)c2[cH-]ccc12.Cc1ccc(C)c2[cH-]ccc12.[CH2-]CCCCCC([Si](C)(C)C)[Si](C)(C)C.[Y+3]. The van der Waals surface area contributed by atoms with Crippen LogP contribution in [0.15, 0.2) is 60.7 Å². The van der Waals surface area contributed by atoms with Gasteiger partial charge in [-0.05, 0) is 13.8 Å². The Morgan fingerprint density at radius 2 is 1.00 bits per heavy atom. The predicted molar refractivity (Wildman–Crippen MR) is 177 cm³/mol. The van der Waals surface area contributed by atoms with E-state index in [0.717, 1.165) is 11.6 Å². The van der Waals surface area contributed by atoms with Crippen LogP contribution < -0.4 is 0 Å². The number of unbranched alkanes of at least 4 members (excludes halogenated alkanes) is 3. The van der Waals surface area contributed by atoms with Crippen molar-refractivity contribution in [3.05, 3.63) is 89.8 Å². The van der Waals surface area contributed by atoms with Crippen molar-refractivity contribution < 1.29 is 32.7 Å². The molecule has 0 aliphatic rings. The molecular formula is C35H53Si2Y. The Morgan fingerprint density at radius 1 is 0.605 bits per heavy atom. The topological polar surface area (TPSA) is 0 Å². The zero-order valence-corrected chi connectivity index (χ0v) is 31.0. The first-order valence-corrected chi connectivity index (χ1v) is 21.4. The van der Waals surface area contributed by atoms with E-state index in [-0.39, 0.29) is 32.7 Å². The van der Waals surface area contributed by atoms with Gasteiger partial charge in [0.1, 0.15) is 0 Å². The van der Waals surface area contributed by atoms with Gasteiger partial charge in [-0.15, -0.1) is 56.9 Å². The van der Waals surface area contributed by atoms with E-state index in [1.54, 1.807) is 0 Å². The maximum absolute atomic E-state index is 3.92. The molecule has 4 aromatic rings. The number of hydrogen-bond acceptors (Lipinski definition) is 0. The van der Waals surface area contributed by atoms with Crippen LogP contribution in [0.4, 0.5) is 0 Å². The van der Waals surface area contributed by atoms with Gasteiger partial charge in [-0.2, -0.15) is 30.7 Å². The molecule has 0 aromatic heterocycles. The third-order valence-corrected chi connectivity index (χ3v) is 17.8. The molecule has 204 valence electrons. The summed E-state index contributed by atoms with van der Waals surface area (Å²) in [5.74, 6) is 0. The van der Waals surface area contributed by atoms with Gasteiger partial charge in [-0.1, -0.05) is 107 Å². The van der Waals surface area contributed by atoms with Gasteiger partial charge in [0.25, 0.3) is 0 Å². The molecule has 0 saturated heterocycles. The Labute approximate surface area is 262 Å². The van der Waals surface area contributed by atoms with Gasteiger partial charge in [0.15, 0.2) is 0 Å². The third-order valence-electron chi connectivity index (χ3n) is 7.83. The van der Waals surface area contributed by atoms with E-state index in [4.69, 9.17) is 0 Å². The molecule has 0 nitrogen and oxygen atoms in total. The summed E-state index contributed by atoms with van der Waals surface area (Å²) in [7, 11) is -1.87. The molecule has 38 heavy (non-hydrogen) atoms. The van der Waals surface area contributed by atoms with Crippen LogP contribution in [0.3, 0.4) is 0 Å². The average Bonchev–Trinajstić information content (AvgIpc) is 3.49. The number of hydrogen-bond donors (Lipinski definition) is 0. The number of rotatable bonds is 7. The molecule has 0 unspecified atom stereocenters. The molecule has 0 aliphatic carbocycles. The van der Waals surface area contributed by atoms with Crippen molar-refractivity contribution in [3.8, 4) is 0 Å². The van der Waals surface area contributed by atoms with Crippen LogP contribution in [0, 0.1) is 34.6 Å². The van der Waals surface area contributed by atoms with Crippen LogP contribution in [-0.4, -0.2) is 16.1 Å². The monoisotopic (exact) mass is 618 g/mol. The summed E-state index contributed by atoms with van der Waals surface area (Å²) in [5, 5.41) is 6.67. The minimum Gasteiger partial charge on any atom is -0.343 e. The Kier molecular flexibility index (Phi) is 14.7. The van der Waals surface area contributed by atoms with Crippen LogP contribution in [-0.2, 0) is 32.7 Å². The molecule has 0 spiro atoms. The summed E-state index contributed by atoms with van der Waals surface area (Å²) in [5.41, 5.74) is 5.48. The first-order valence-electron chi connectivity index (χ1n) is 14.3. The zero-order valence-electron chi connectivity index (χ0n) is 26.2. The van der Waals surface area contributed by atoms with Crippen LogP contribution in [0.5, 0.6) is 0 Å². The Morgan fingerprint density at radius 3 is 1.34 bits per heavy atom. The summed E-state index contributed by atoms with van der Waals surface area (Å²) < 4.78 is 0. The molecule has 0 N–H and O–H groups in total. The van der Waals surface area contributed by atoms with Crippen LogP contribution >= 0.6 is 0 Å². The van der Waals surface area contributed by atoms with Gasteiger partial charge >= 0.3 is 32.7 Å². The van der Waals surface area contributed by atoms with Gasteiger partial charge in [0, 0.05) is 16.1 Å². The van der Waals surface area contributed by atoms with Gasteiger partial charge in [-0.3, -0.25) is 0 Å². The minimum atomic E-state index is -0.936. The standard InChI is InChI=1S/C13H31Si2.2C11H11.Y/c1-8-9-10-11-12-13(14(2,3)4)15(5,6)7;2*1-8-6-7-9(2)11-5-3-4-10(8)11;/h13H,1,8-12H2,2-7H3;2*3-7H,1-2H3;/q3*-1;+3. The molecule has 4 rings (SSSR count). The van der Waals surface area contributed by atoms with Gasteiger partial charge in [0.2, 0.25) is 0 Å². The van der Waals surface area contributed by atoms with Crippen LogP contribution in [0.25, 0.3) is 21.5 Å². The van der Waals surface area contributed by atoms with Crippen molar-refractivity contribution in [3.63, 3.8) is 0 Å². The summed E-state index contributed by atoms with van der Waals surface area (Å²) in [6.45, 7) is 27.9. The molecule has 3 heteroatoms. The second-order valence-electron chi connectivity index (χ2n) is 13.1. The fourth-order valence-corrected chi connectivity index (χ4v) is 18.5. The molecule has 0 heterocycles. The summed E-state index contributed by atoms with van der Waals surface area (Å²) in [6, 6.07) is 21.7. The zero-order chi connectivity index (χ0) is 27.8. The number of fused-ring (bicyclic) bond motifs is 2. The van der Waals surface area contributed by atoms with E-state index in [1.165, 1.54) is 69.5 Å². The first-order chi connectivity index (χ1) is 17.3. The molecule has 0 fully saturated rings. The second-order valence-corrected chi connectivity index (χ2v) is 24.5. The quantitative estimate of drug-likeness (QED) is 0.110. The maximum atomic E-state index is 3.92. The van der Waals surface area contributed by atoms with Crippen molar-refractivity contribution in [2.24, 2.45) is 0 Å². The van der Waals surface area contributed by atoms with Gasteiger partial charge < -0.3 is 6.92 Å². The Balaban J connectivity index is 0.000000285. The largest absolute Gasteiger partial charge is 3.00 e. The summed E-state index contributed by atoms with van der Waals surface area (Å²) in [4.78, 5) is 0. The molecule has 0 aliphatic heterocycles. The molecule has 0 radical (unpaired) electrons. The van der Waals surface area contributed by atoms with Crippen LogP contribution in [0.1, 0.15) is 54.4 Å². The minimum absolute atomic E-state index is 0. The third kappa shape index (κ3) is 10.3. The molecule has 0 amide bonds. The van der Waals surface area contributed by atoms with Crippen molar-refractivity contribution in [1.29, 1.82) is 0 Å². The number of aryl methyl sites for hydroxylation is 4. The van der Waals surface area contributed by atoms with E-state index in [0.29, 0.717) is 0 Å². The fourth-order valence-electron chi connectivity index (χ4n) is 5.94. The van der Waals surface area contributed by atoms with E-state index in [9.17, 15) is 0 Å². The smallest absolute Gasteiger partial charge is 0.343 e. The first kappa shape index (κ1) is 35.2. The molecule has 0 atom stereocenters. The normalized spacial score (nSPS) is 11.6. The van der Waals surface area contributed by atoms with Gasteiger partial charge in [0.05, 0.1) is 0 Å². The van der Waals surface area contributed by atoms with Crippen molar-refractivity contribution in [1.82, 2.24) is 0 Å². The summed E-state index contributed by atoms with van der Waals surface area (Å²) in [6.07, 6.45) is 6.77. The summed E-state index contributed by atoms with van der Waals surface area (Å²) >= 11 is 0. The van der Waals surface area contributed by atoms with Crippen LogP contribution in [0.2, 0.25) is 44.4 Å². The predicted octanol–water partition coefficient (Wildman–Crippen LogP) is 11.7. The average molecular weight is 619 g/mol. The molecule has 0 saturated carbocycles. The molecule has 4 aromatic carbocycles. The van der Waals surface area contributed by atoms with Crippen molar-refractivity contribution in [2.45, 2.75) is 104 Å². The van der Waals surface area contributed by atoms with E-state index in [1.807, 2.05) is 0 Å². The van der Waals surface area contributed by atoms with E-state index >= 15 is 0 Å². The molecule has 0 bridgehead atoms. The second kappa shape index (κ2) is 15.8. The van der Waals surface area contributed by atoms with Crippen molar-refractivity contribution in [2.75, 3.05) is 0 Å². The Bertz CT molecular complexity index is 1070. The van der Waals surface area contributed by atoms with Crippen molar-refractivity contribution >= 4 is 37.7 Å². The van der Waals surface area contributed by atoms with E-state index in [2.05, 4.69) is 135 Å².